The van der Waals surface area contributed by atoms with Crippen molar-refractivity contribution in [2.45, 2.75) is 34.1 Å². The molecule has 0 bridgehead atoms. The minimum absolute atomic E-state index is 0.0359. The number of nitrogens with zero attached hydrogens (tertiary/aromatic N) is 1. The van der Waals surface area contributed by atoms with Gasteiger partial charge in [0.15, 0.2) is 5.78 Å². The second-order valence-corrected chi connectivity index (χ2v) is 3.96. The van der Waals surface area contributed by atoms with E-state index < -0.39 is 0 Å². The zero-order chi connectivity index (χ0) is 10.4. The average molecular weight is 179 g/mol. The Morgan fingerprint density at radius 1 is 1.38 bits per heavy atom. The van der Waals surface area contributed by atoms with E-state index in [-0.39, 0.29) is 11.7 Å². The van der Waals surface area contributed by atoms with Gasteiger partial charge in [-0.1, -0.05) is 33.8 Å². The molecule has 0 saturated heterocycles. The maximum Gasteiger partial charge on any atom is 0.173 e. The molecule has 0 amide bonds. The molecule has 2 heteroatoms. The van der Waals surface area contributed by atoms with Gasteiger partial charge in [0.05, 0.1) is 5.57 Å². The summed E-state index contributed by atoms with van der Waals surface area (Å²) in [6.07, 6.45) is 2.19. The number of ketones is 1. The molecule has 0 unspecified atom stereocenters. The average Bonchev–Trinajstić information content (AvgIpc) is 1.98. The van der Waals surface area contributed by atoms with Crippen LogP contribution >= 0.6 is 0 Å². The van der Waals surface area contributed by atoms with E-state index in [4.69, 9.17) is 5.26 Å². The van der Waals surface area contributed by atoms with Crippen LogP contribution in [0.15, 0.2) is 11.6 Å². The number of hydrogen-bond donors (Lipinski definition) is 0. The van der Waals surface area contributed by atoms with E-state index in [1.807, 2.05) is 33.8 Å². The van der Waals surface area contributed by atoms with E-state index in [2.05, 4.69) is 0 Å². The molecular formula is C11H17NO. The van der Waals surface area contributed by atoms with Gasteiger partial charge in [0.1, 0.15) is 6.07 Å². The summed E-state index contributed by atoms with van der Waals surface area (Å²) in [6.45, 7) is 7.87. The van der Waals surface area contributed by atoms with Crippen molar-refractivity contribution < 1.29 is 4.79 Å². The first kappa shape index (κ1) is 11.9. The number of nitriles is 1. The second-order valence-electron chi connectivity index (χ2n) is 3.96. The molecule has 2 nitrogen and oxygen atoms in total. The Bertz CT molecular complexity index is 243. The number of rotatable bonds is 4. The summed E-state index contributed by atoms with van der Waals surface area (Å²) in [5, 5.41) is 8.72. The van der Waals surface area contributed by atoms with Gasteiger partial charge in [0.25, 0.3) is 0 Å². The van der Waals surface area contributed by atoms with Gasteiger partial charge in [-0.3, -0.25) is 4.79 Å². The van der Waals surface area contributed by atoms with Crippen molar-refractivity contribution in [3.05, 3.63) is 11.6 Å². The van der Waals surface area contributed by atoms with Crippen molar-refractivity contribution in [2.24, 2.45) is 11.8 Å². The number of carbonyl (C=O) groups is 1. The smallest absolute Gasteiger partial charge is 0.173 e. The van der Waals surface area contributed by atoms with Gasteiger partial charge in [-0.15, -0.1) is 0 Å². The molecule has 0 radical (unpaired) electrons. The fourth-order valence-electron chi connectivity index (χ4n) is 1.01. The van der Waals surface area contributed by atoms with Gasteiger partial charge in [-0.25, -0.2) is 0 Å². The van der Waals surface area contributed by atoms with Crippen LogP contribution in [-0.4, -0.2) is 5.78 Å². The zero-order valence-electron chi connectivity index (χ0n) is 8.79. The molecule has 0 aromatic carbocycles. The summed E-state index contributed by atoms with van der Waals surface area (Å²) >= 11 is 0. The van der Waals surface area contributed by atoms with Gasteiger partial charge in [0.2, 0.25) is 0 Å². The van der Waals surface area contributed by atoms with Crippen LogP contribution in [0.3, 0.4) is 0 Å². The van der Waals surface area contributed by atoms with Crippen molar-refractivity contribution >= 4 is 5.78 Å². The van der Waals surface area contributed by atoms with Crippen LogP contribution in [0.1, 0.15) is 34.1 Å². The Labute approximate surface area is 80.3 Å². The van der Waals surface area contributed by atoms with E-state index in [0.29, 0.717) is 17.9 Å². The molecule has 0 aromatic heterocycles. The summed E-state index contributed by atoms with van der Waals surface area (Å²) in [6, 6.07) is 1.95. The van der Waals surface area contributed by atoms with E-state index in [1.54, 1.807) is 6.08 Å². The maximum atomic E-state index is 11.4. The van der Waals surface area contributed by atoms with Gasteiger partial charge in [-0.05, 0) is 11.8 Å². The first-order valence-corrected chi connectivity index (χ1v) is 4.62. The maximum absolute atomic E-state index is 11.4. The molecule has 0 aliphatic carbocycles. The van der Waals surface area contributed by atoms with E-state index in [0.717, 1.165) is 0 Å². The highest BCUT2D eigenvalue weighted by molar-refractivity contribution is 5.99. The first-order valence-electron chi connectivity index (χ1n) is 4.62. The third kappa shape index (κ3) is 5.19. The highest BCUT2D eigenvalue weighted by atomic mass is 16.1. The molecule has 0 heterocycles. The predicted molar refractivity (Wildman–Crippen MR) is 53.0 cm³/mol. The van der Waals surface area contributed by atoms with Crippen LogP contribution in [0.2, 0.25) is 0 Å². The third-order valence-corrected chi connectivity index (χ3v) is 1.51. The molecule has 0 fully saturated rings. The molecule has 0 rings (SSSR count). The Balaban J connectivity index is 4.44. The number of hydrogen-bond acceptors (Lipinski definition) is 2. The highest BCUT2D eigenvalue weighted by Gasteiger charge is 2.10. The lowest BCUT2D eigenvalue weighted by Crippen LogP contribution is -2.06. The number of Topliss-reactive ketones (excluding diaryl/α,β-unsaturated/α-hetero) is 1. The van der Waals surface area contributed by atoms with Crippen LogP contribution in [0, 0.1) is 23.2 Å². The molecule has 0 atom stereocenters. The summed E-state index contributed by atoms with van der Waals surface area (Å²) in [5.41, 5.74) is 0.309. The van der Waals surface area contributed by atoms with Crippen LogP contribution in [0.4, 0.5) is 0 Å². The largest absolute Gasteiger partial charge is 0.293 e. The summed E-state index contributed by atoms with van der Waals surface area (Å²) in [4.78, 5) is 11.4. The molecule has 0 aliphatic heterocycles. The van der Waals surface area contributed by atoms with Crippen LogP contribution in [-0.2, 0) is 4.79 Å². The zero-order valence-corrected chi connectivity index (χ0v) is 8.79. The fourth-order valence-corrected chi connectivity index (χ4v) is 1.01. The van der Waals surface area contributed by atoms with Crippen LogP contribution in [0.25, 0.3) is 0 Å². The second kappa shape index (κ2) is 5.53. The molecule has 72 valence electrons. The lowest BCUT2D eigenvalue weighted by atomic mass is 9.99. The van der Waals surface area contributed by atoms with Gasteiger partial charge >= 0.3 is 0 Å². The molecule has 0 saturated carbocycles. The fraction of sp³-hybridized carbons (Fsp3) is 0.636. The minimum Gasteiger partial charge on any atom is -0.293 e. The lowest BCUT2D eigenvalue weighted by molar-refractivity contribution is -0.115. The lowest BCUT2D eigenvalue weighted by Gasteiger charge is -2.03. The predicted octanol–water partition coefficient (Wildman–Crippen LogP) is 2.71. The van der Waals surface area contributed by atoms with Gasteiger partial charge < -0.3 is 0 Å². The van der Waals surface area contributed by atoms with Crippen molar-refractivity contribution in [3.8, 4) is 6.07 Å². The molecular weight excluding hydrogens is 162 g/mol. The molecule has 13 heavy (non-hydrogen) atoms. The third-order valence-electron chi connectivity index (χ3n) is 1.51. The van der Waals surface area contributed by atoms with Crippen molar-refractivity contribution in [3.63, 3.8) is 0 Å². The van der Waals surface area contributed by atoms with Gasteiger partial charge in [-0.2, -0.15) is 5.26 Å². The Hall–Kier alpha value is -1.10. The van der Waals surface area contributed by atoms with Gasteiger partial charge in [0, 0.05) is 6.42 Å². The topological polar surface area (TPSA) is 40.9 Å². The summed E-state index contributed by atoms with van der Waals surface area (Å²) < 4.78 is 0. The molecule has 0 aliphatic rings. The SMILES string of the molecule is CC(C)/C=C(\C#N)C(=O)CC(C)C. The minimum atomic E-state index is -0.0359. The standard InChI is InChI=1S/C11H17NO/c1-8(2)5-10(7-12)11(13)6-9(3)4/h5,8-9H,6H2,1-4H3/b10-5+. The number of allylic oxidation sites excluding steroid dienone is 2. The number of carbonyl (C=O) groups excluding carboxylic acids is 1. The normalized spacial score (nSPS) is 11.9. The summed E-state index contributed by atoms with van der Waals surface area (Å²) in [5.74, 6) is 0.536. The van der Waals surface area contributed by atoms with Crippen LogP contribution < -0.4 is 0 Å². The van der Waals surface area contributed by atoms with Crippen molar-refractivity contribution in [2.75, 3.05) is 0 Å². The quantitative estimate of drug-likeness (QED) is 0.491. The monoisotopic (exact) mass is 179 g/mol. The molecule has 0 N–H and O–H groups in total. The van der Waals surface area contributed by atoms with Crippen LogP contribution in [0.5, 0.6) is 0 Å². The molecule has 0 spiro atoms. The van der Waals surface area contributed by atoms with E-state index >= 15 is 0 Å². The Morgan fingerprint density at radius 2 is 1.92 bits per heavy atom. The van der Waals surface area contributed by atoms with E-state index in [9.17, 15) is 4.79 Å². The Morgan fingerprint density at radius 3 is 2.23 bits per heavy atom. The van der Waals surface area contributed by atoms with Crippen molar-refractivity contribution in [1.82, 2.24) is 0 Å². The molecule has 0 aromatic rings. The summed E-state index contributed by atoms with van der Waals surface area (Å²) in [7, 11) is 0. The first-order chi connectivity index (χ1) is 5.97. The Kier molecular flexibility index (Phi) is 5.06. The van der Waals surface area contributed by atoms with E-state index in [1.165, 1.54) is 0 Å². The van der Waals surface area contributed by atoms with Crippen molar-refractivity contribution in [1.29, 1.82) is 5.26 Å². The highest BCUT2D eigenvalue weighted by Crippen LogP contribution is 2.09.